The fourth-order valence-corrected chi connectivity index (χ4v) is 4.16. The lowest BCUT2D eigenvalue weighted by molar-refractivity contribution is 1.07. The Morgan fingerprint density at radius 1 is 0.528 bits per heavy atom. The molecule has 0 amide bonds. The van der Waals surface area contributed by atoms with E-state index in [0.717, 1.165) is 24.0 Å². The van der Waals surface area contributed by atoms with Gasteiger partial charge >= 0.3 is 0 Å². The Labute approximate surface area is 216 Å². The van der Waals surface area contributed by atoms with Gasteiger partial charge in [0.25, 0.3) is 0 Å². The van der Waals surface area contributed by atoms with Crippen LogP contribution in [0.4, 0.5) is 0 Å². The first-order chi connectivity index (χ1) is 17.7. The molecule has 4 aromatic carbocycles. The third kappa shape index (κ3) is 6.44. The molecule has 0 saturated carbocycles. The number of benzene rings is 4. The predicted octanol–water partition coefficient (Wildman–Crippen LogP) is 7.48. The average Bonchev–Trinajstić information content (AvgIpc) is 2.94. The summed E-state index contributed by atoms with van der Waals surface area (Å²) in [6, 6.07) is 29.9. The number of hydrogen-bond donors (Lipinski definition) is 0. The molecule has 1 aliphatic carbocycles. The maximum Gasteiger partial charge on any atom is 0.0255 e. The smallest absolute Gasteiger partial charge is 0.0255 e. The van der Waals surface area contributed by atoms with Crippen molar-refractivity contribution in [3.05, 3.63) is 131 Å². The van der Waals surface area contributed by atoms with Gasteiger partial charge in [0.15, 0.2) is 0 Å². The molecule has 0 fully saturated rings. The minimum atomic E-state index is 0.925. The van der Waals surface area contributed by atoms with Crippen LogP contribution in [0.2, 0.25) is 0 Å². The highest BCUT2D eigenvalue weighted by Crippen LogP contribution is 2.18. The number of aryl methyl sites for hydroxylation is 2. The summed E-state index contributed by atoms with van der Waals surface area (Å²) >= 11 is 0. The molecule has 0 atom stereocenters. The van der Waals surface area contributed by atoms with E-state index in [0.29, 0.717) is 0 Å². The highest BCUT2D eigenvalue weighted by Gasteiger charge is 2.08. The van der Waals surface area contributed by atoms with Gasteiger partial charge < -0.3 is 0 Å². The topological polar surface area (TPSA) is 0 Å². The van der Waals surface area contributed by atoms with Crippen molar-refractivity contribution in [2.24, 2.45) is 0 Å². The molecule has 4 aromatic rings. The highest BCUT2D eigenvalue weighted by molar-refractivity contribution is 5.85. The molecule has 0 heteroatoms. The molecule has 0 bridgehead atoms. The summed E-state index contributed by atoms with van der Waals surface area (Å²) in [7, 11) is 0. The summed E-state index contributed by atoms with van der Waals surface area (Å²) in [5, 5.41) is 4.93. The maximum absolute atomic E-state index is 3.48. The van der Waals surface area contributed by atoms with E-state index in [1.807, 2.05) is 13.8 Å². The largest absolute Gasteiger partial charge is 0.106 e. The van der Waals surface area contributed by atoms with E-state index in [1.165, 1.54) is 43.5 Å². The Morgan fingerprint density at radius 3 is 1.61 bits per heavy atom. The molecule has 5 rings (SSSR count). The molecule has 0 aromatic heterocycles. The van der Waals surface area contributed by atoms with E-state index < -0.39 is 0 Å². The fourth-order valence-electron chi connectivity index (χ4n) is 4.16. The van der Waals surface area contributed by atoms with Gasteiger partial charge in [-0.25, -0.2) is 0 Å². The second-order valence-electron chi connectivity index (χ2n) is 8.43. The molecule has 178 valence electrons. The lowest BCUT2D eigenvalue weighted by Gasteiger charge is -2.09. The molecule has 0 saturated heterocycles. The molecule has 0 radical (unpaired) electrons. The van der Waals surface area contributed by atoms with Gasteiger partial charge in [-0.2, -0.15) is 0 Å². The van der Waals surface area contributed by atoms with Gasteiger partial charge in [0.2, 0.25) is 0 Å². The number of rotatable bonds is 0. The maximum atomic E-state index is 3.48. The molecule has 0 aliphatic heterocycles. The average molecular weight is 467 g/mol. The Bertz CT molecular complexity index is 1590. The minimum Gasteiger partial charge on any atom is -0.106 e. The van der Waals surface area contributed by atoms with Crippen LogP contribution in [0.1, 0.15) is 48.9 Å². The lowest BCUT2D eigenvalue weighted by Crippen LogP contribution is -2.31. The van der Waals surface area contributed by atoms with Crippen molar-refractivity contribution in [1.29, 1.82) is 0 Å². The zero-order valence-electron chi connectivity index (χ0n) is 21.9. The zero-order valence-corrected chi connectivity index (χ0v) is 21.9. The van der Waals surface area contributed by atoms with Crippen LogP contribution >= 0.6 is 0 Å². The van der Waals surface area contributed by atoms with Crippen LogP contribution in [0.15, 0.2) is 98.1 Å². The predicted molar refractivity (Wildman–Crippen MR) is 158 cm³/mol. The van der Waals surface area contributed by atoms with Crippen molar-refractivity contribution in [2.75, 3.05) is 0 Å². The normalized spacial score (nSPS) is 11.3. The molecule has 36 heavy (non-hydrogen) atoms. The molecular formula is C36H34. The Hall–Kier alpha value is -4.26. The second kappa shape index (κ2) is 13.0. The van der Waals surface area contributed by atoms with Crippen LogP contribution in [0.3, 0.4) is 0 Å². The second-order valence-corrected chi connectivity index (χ2v) is 8.43. The van der Waals surface area contributed by atoms with Gasteiger partial charge in [-0.1, -0.05) is 109 Å². The molecule has 0 nitrogen and oxygen atoms in total. The van der Waals surface area contributed by atoms with Gasteiger partial charge in [0.05, 0.1) is 0 Å². The molecule has 0 spiro atoms. The Kier molecular flexibility index (Phi) is 9.51. The minimum absolute atomic E-state index is 0.925. The van der Waals surface area contributed by atoms with E-state index in [1.54, 1.807) is 0 Å². The third-order valence-electron chi connectivity index (χ3n) is 5.97. The van der Waals surface area contributed by atoms with Gasteiger partial charge in [0.1, 0.15) is 0 Å². The van der Waals surface area contributed by atoms with Crippen molar-refractivity contribution in [3.8, 4) is 23.7 Å². The molecule has 0 heterocycles. The molecular weight excluding hydrogens is 432 g/mol. The van der Waals surface area contributed by atoms with Crippen LogP contribution in [0, 0.1) is 37.5 Å². The SMILES string of the molecule is C=C.CC.Cc1ccc(C#CC2=c3ccccc3=C(C#Cc3ccc4cc(C)ccc4c3)CC2)cc1. The lowest BCUT2D eigenvalue weighted by atomic mass is 9.93. The van der Waals surface area contributed by atoms with E-state index in [2.05, 4.69) is 136 Å². The summed E-state index contributed by atoms with van der Waals surface area (Å²) in [5.74, 6) is 13.7. The van der Waals surface area contributed by atoms with Gasteiger partial charge in [-0.05, 0) is 72.2 Å². The third-order valence-corrected chi connectivity index (χ3v) is 5.97. The van der Waals surface area contributed by atoms with Crippen molar-refractivity contribution < 1.29 is 0 Å². The van der Waals surface area contributed by atoms with E-state index >= 15 is 0 Å². The summed E-state index contributed by atoms with van der Waals surface area (Å²) in [5.41, 5.74) is 7.05. The summed E-state index contributed by atoms with van der Waals surface area (Å²) in [6.45, 7) is 14.2. The van der Waals surface area contributed by atoms with Gasteiger partial charge in [-0.15, -0.1) is 13.2 Å². The first kappa shape index (κ1) is 26.3. The van der Waals surface area contributed by atoms with Crippen LogP contribution in [0.5, 0.6) is 0 Å². The fraction of sp³-hybridized carbons (Fsp3) is 0.167. The molecule has 0 N–H and O–H groups in total. The quantitative estimate of drug-likeness (QED) is 0.186. The summed E-state index contributed by atoms with van der Waals surface area (Å²) in [4.78, 5) is 0. The Morgan fingerprint density at radius 2 is 1.00 bits per heavy atom. The van der Waals surface area contributed by atoms with Crippen molar-refractivity contribution >= 4 is 21.9 Å². The van der Waals surface area contributed by atoms with E-state index in [9.17, 15) is 0 Å². The first-order valence-corrected chi connectivity index (χ1v) is 12.6. The standard InChI is InChI=1S/C32H24.C2H6.C2H4/c1-23-7-10-25(11-8-23)12-16-27-19-20-28(32-6-4-3-5-31(27)32)17-13-26-14-18-29-21-24(2)9-15-30(29)22-26;2*1-2/h3-11,14-15,18,21-22H,19-20H2,1-2H3;1-2H3;1-2H2. The number of fused-ring (bicyclic) bond motifs is 2. The van der Waals surface area contributed by atoms with Gasteiger partial charge in [0, 0.05) is 22.3 Å². The van der Waals surface area contributed by atoms with Crippen LogP contribution in [-0.4, -0.2) is 0 Å². The summed E-state index contributed by atoms with van der Waals surface area (Å²) < 4.78 is 0. The van der Waals surface area contributed by atoms with Crippen molar-refractivity contribution in [2.45, 2.75) is 40.5 Å². The van der Waals surface area contributed by atoms with Crippen molar-refractivity contribution in [3.63, 3.8) is 0 Å². The van der Waals surface area contributed by atoms with E-state index in [4.69, 9.17) is 0 Å². The summed E-state index contributed by atoms with van der Waals surface area (Å²) in [6.07, 6.45) is 1.85. The highest BCUT2D eigenvalue weighted by atomic mass is 14.1. The van der Waals surface area contributed by atoms with E-state index in [-0.39, 0.29) is 0 Å². The molecule has 0 unspecified atom stereocenters. The van der Waals surface area contributed by atoms with Crippen LogP contribution in [-0.2, 0) is 0 Å². The van der Waals surface area contributed by atoms with Crippen molar-refractivity contribution in [1.82, 2.24) is 0 Å². The monoisotopic (exact) mass is 466 g/mol. The number of hydrogen-bond acceptors (Lipinski definition) is 0. The van der Waals surface area contributed by atoms with Gasteiger partial charge in [-0.3, -0.25) is 0 Å². The Balaban J connectivity index is 0.000000861. The zero-order chi connectivity index (χ0) is 25.9. The molecule has 1 aliphatic rings. The first-order valence-electron chi connectivity index (χ1n) is 12.6. The van der Waals surface area contributed by atoms with Crippen LogP contribution in [0.25, 0.3) is 21.9 Å². The van der Waals surface area contributed by atoms with Crippen LogP contribution < -0.4 is 10.4 Å².